The maximum Gasteiger partial charge on any atom is 0.0783 e. The highest BCUT2D eigenvalue weighted by atomic mass is 16.3. The first-order chi connectivity index (χ1) is 3.68. The van der Waals surface area contributed by atoms with Gasteiger partial charge in [-0.2, -0.15) is 0 Å². The monoisotopic (exact) mass is 112 g/mol. The van der Waals surface area contributed by atoms with Crippen molar-refractivity contribution < 1.29 is 5.11 Å². The lowest BCUT2D eigenvalue weighted by Gasteiger charge is -2.04. The van der Waals surface area contributed by atoms with Gasteiger partial charge in [-0.15, -0.1) is 0 Å². The van der Waals surface area contributed by atoms with Crippen molar-refractivity contribution in [3.63, 3.8) is 0 Å². The molecule has 0 heterocycles. The Morgan fingerprint density at radius 1 is 1.88 bits per heavy atom. The van der Waals surface area contributed by atoms with Crippen molar-refractivity contribution in [3.8, 4) is 0 Å². The van der Waals surface area contributed by atoms with Crippen molar-refractivity contribution in [2.45, 2.75) is 25.9 Å². The van der Waals surface area contributed by atoms with Crippen LogP contribution in [0.5, 0.6) is 0 Å². The van der Waals surface area contributed by atoms with Crippen LogP contribution >= 0.6 is 0 Å². The lowest BCUT2D eigenvalue weighted by Crippen LogP contribution is -2.02. The van der Waals surface area contributed by atoms with Gasteiger partial charge in [-0.25, -0.2) is 0 Å². The minimum Gasteiger partial charge on any atom is -0.388 e. The SMILES string of the molecule is [CH][C@@H](O)C(=C)CCC. The Labute approximate surface area is 51.0 Å². The summed E-state index contributed by atoms with van der Waals surface area (Å²) in [4.78, 5) is 0. The summed E-state index contributed by atoms with van der Waals surface area (Å²) >= 11 is 0. The number of hydrogen-bond acceptors (Lipinski definition) is 1. The van der Waals surface area contributed by atoms with Crippen LogP contribution in [0.4, 0.5) is 0 Å². The van der Waals surface area contributed by atoms with Crippen molar-refractivity contribution >= 4 is 0 Å². The zero-order valence-electron chi connectivity index (χ0n) is 5.22. The molecule has 1 atom stereocenters. The van der Waals surface area contributed by atoms with E-state index < -0.39 is 6.10 Å². The largest absolute Gasteiger partial charge is 0.388 e. The normalized spacial score (nSPS) is 13.4. The van der Waals surface area contributed by atoms with Gasteiger partial charge in [-0.1, -0.05) is 19.9 Å². The van der Waals surface area contributed by atoms with Crippen molar-refractivity contribution in [3.05, 3.63) is 19.1 Å². The molecule has 0 aromatic carbocycles. The molecule has 1 heteroatoms. The summed E-state index contributed by atoms with van der Waals surface area (Å²) in [6.07, 6.45) is 0.986. The Kier molecular flexibility index (Phi) is 3.53. The Morgan fingerprint density at radius 3 is 2.50 bits per heavy atom. The molecule has 2 radical (unpaired) electrons. The van der Waals surface area contributed by atoms with E-state index >= 15 is 0 Å². The third kappa shape index (κ3) is 2.80. The van der Waals surface area contributed by atoms with E-state index in [-0.39, 0.29) is 0 Å². The fourth-order valence-electron chi connectivity index (χ4n) is 0.469. The Morgan fingerprint density at radius 2 is 2.38 bits per heavy atom. The van der Waals surface area contributed by atoms with Gasteiger partial charge in [0.05, 0.1) is 6.10 Å². The molecule has 0 bridgehead atoms. The van der Waals surface area contributed by atoms with E-state index in [2.05, 4.69) is 6.58 Å². The molecule has 0 amide bonds. The van der Waals surface area contributed by atoms with E-state index in [0.717, 1.165) is 12.8 Å². The van der Waals surface area contributed by atoms with Gasteiger partial charge in [0.1, 0.15) is 0 Å². The van der Waals surface area contributed by atoms with E-state index in [4.69, 9.17) is 12.0 Å². The standard InChI is InChI=1S/C7H12O/c1-4-5-6(2)7(3)8/h3,7-8H,2,4-5H2,1H3/t7-/m1/s1. The van der Waals surface area contributed by atoms with Crippen LogP contribution in [0.3, 0.4) is 0 Å². The van der Waals surface area contributed by atoms with Crippen LogP contribution in [-0.2, 0) is 0 Å². The Bertz CT molecular complexity index is 74.5. The summed E-state index contributed by atoms with van der Waals surface area (Å²) in [5, 5.41) is 8.63. The molecule has 1 N–H and O–H groups in total. The highest BCUT2D eigenvalue weighted by Gasteiger charge is 1.98. The molecule has 8 heavy (non-hydrogen) atoms. The van der Waals surface area contributed by atoms with Crippen LogP contribution in [0.15, 0.2) is 12.2 Å². The van der Waals surface area contributed by atoms with Crippen LogP contribution in [0.1, 0.15) is 19.8 Å². The van der Waals surface area contributed by atoms with E-state index in [1.807, 2.05) is 6.92 Å². The molecular weight excluding hydrogens is 100 g/mol. The van der Waals surface area contributed by atoms with Gasteiger partial charge in [-0.05, 0) is 12.0 Å². The van der Waals surface area contributed by atoms with Gasteiger partial charge in [0.2, 0.25) is 0 Å². The van der Waals surface area contributed by atoms with Crippen molar-refractivity contribution in [1.29, 1.82) is 0 Å². The first kappa shape index (κ1) is 7.70. The second kappa shape index (κ2) is 3.67. The van der Waals surface area contributed by atoms with Crippen LogP contribution < -0.4 is 0 Å². The lowest BCUT2D eigenvalue weighted by atomic mass is 10.1. The molecule has 0 saturated heterocycles. The van der Waals surface area contributed by atoms with Crippen molar-refractivity contribution in [1.82, 2.24) is 0 Å². The number of hydrogen-bond donors (Lipinski definition) is 1. The lowest BCUT2D eigenvalue weighted by molar-refractivity contribution is 0.252. The smallest absolute Gasteiger partial charge is 0.0783 e. The fourth-order valence-corrected chi connectivity index (χ4v) is 0.469. The van der Waals surface area contributed by atoms with Crippen molar-refractivity contribution in [2.75, 3.05) is 0 Å². The fraction of sp³-hybridized carbons (Fsp3) is 0.571. The number of aliphatic hydroxyl groups excluding tert-OH is 1. The van der Waals surface area contributed by atoms with Crippen LogP contribution in [0, 0.1) is 6.92 Å². The molecule has 0 spiro atoms. The minimum atomic E-state index is -0.824. The molecule has 0 unspecified atom stereocenters. The number of rotatable bonds is 3. The summed E-state index contributed by atoms with van der Waals surface area (Å²) in [5.74, 6) is 0. The topological polar surface area (TPSA) is 20.2 Å². The quantitative estimate of drug-likeness (QED) is 0.547. The van der Waals surface area contributed by atoms with Gasteiger partial charge in [0, 0.05) is 6.92 Å². The number of aliphatic hydroxyl groups is 1. The van der Waals surface area contributed by atoms with Crippen LogP contribution in [-0.4, -0.2) is 11.2 Å². The average molecular weight is 112 g/mol. The Balaban J connectivity index is 3.33. The van der Waals surface area contributed by atoms with Crippen LogP contribution in [0.25, 0.3) is 0 Å². The third-order valence-corrected chi connectivity index (χ3v) is 0.989. The van der Waals surface area contributed by atoms with E-state index in [1.54, 1.807) is 0 Å². The second-order valence-corrected chi connectivity index (χ2v) is 1.85. The first-order valence-electron chi connectivity index (χ1n) is 2.79. The zero-order valence-corrected chi connectivity index (χ0v) is 5.22. The molecular formula is C7H12O. The van der Waals surface area contributed by atoms with Crippen molar-refractivity contribution in [2.24, 2.45) is 0 Å². The van der Waals surface area contributed by atoms with E-state index in [0.29, 0.717) is 5.57 Å². The highest BCUT2D eigenvalue weighted by molar-refractivity contribution is 5.02. The summed E-state index contributed by atoms with van der Waals surface area (Å²) in [6, 6.07) is 0. The predicted octanol–water partition coefficient (Wildman–Crippen LogP) is 1.41. The molecule has 46 valence electrons. The molecule has 1 nitrogen and oxygen atoms in total. The minimum absolute atomic E-state index is 0.715. The van der Waals surface area contributed by atoms with Gasteiger partial charge in [-0.3, -0.25) is 0 Å². The third-order valence-electron chi connectivity index (χ3n) is 0.989. The average Bonchev–Trinajstić information content (AvgIpc) is 1.67. The maximum atomic E-state index is 8.63. The molecule has 0 fully saturated rings. The molecule has 0 aliphatic rings. The van der Waals surface area contributed by atoms with Gasteiger partial charge < -0.3 is 5.11 Å². The molecule has 0 aliphatic carbocycles. The summed E-state index contributed by atoms with van der Waals surface area (Å²) in [6.45, 7) is 10.7. The predicted molar refractivity (Wildman–Crippen MR) is 34.4 cm³/mol. The van der Waals surface area contributed by atoms with Crippen LogP contribution in [0.2, 0.25) is 0 Å². The van der Waals surface area contributed by atoms with E-state index in [1.165, 1.54) is 0 Å². The first-order valence-corrected chi connectivity index (χ1v) is 2.79. The second-order valence-electron chi connectivity index (χ2n) is 1.85. The highest BCUT2D eigenvalue weighted by Crippen LogP contribution is 2.05. The summed E-state index contributed by atoms with van der Waals surface area (Å²) in [7, 11) is 0. The molecule has 0 saturated carbocycles. The molecule has 0 aromatic rings. The Hall–Kier alpha value is -0.300. The summed E-state index contributed by atoms with van der Waals surface area (Å²) < 4.78 is 0. The van der Waals surface area contributed by atoms with Gasteiger partial charge in [0.25, 0.3) is 0 Å². The summed E-state index contributed by atoms with van der Waals surface area (Å²) in [5.41, 5.74) is 0.715. The molecule has 0 aliphatic heterocycles. The van der Waals surface area contributed by atoms with Gasteiger partial charge in [0.15, 0.2) is 0 Å². The van der Waals surface area contributed by atoms with Gasteiger partial charge >= 0.3 is 0 Å². The van der Waals surface area contributed by atoms with E-state index in [9.17, 15) is 0 Å². The molecule has 0 rings (SSSR count). The molecule has 0 aromatic heterocycles. The maximum absolute atomic E-state index is 8.63. The zero-order chi connectivity index (χ0) is 6.57.